The maximum atomic E-state index is 6.57. The van der Waals surface area contributed by atoms with Gasteiger partial charge in [0.1, 0.15) is 0 Å². The van der Waals surface area contributed by atoms with Crippen LogP contribution in [0.1, 0.15) is 36.8 Å². The zero-order valence-corrected chi connectivity index (χ0v) is 12.0. The van der Waals surface area contributed by atoms with Crippen molar-refractivity contribution in [1.82, 2.24) is 0 Å². The van der Waals surface area contributed by atoms with Crippen LogP contribution in [0.15, 0.2) is 12.1 Å². The van der Waals surface area contributed by atoms with Crippen molar-refractivity contribution in [3.8, 4) is 11.5 Å². The number of rotatable bonds is 5. The molecule has 2 N–H and O–H groups in total. The van der Waals surface area contributed by atoms with E-state index in [2.05, 4.69) is 6.07 Å². The van der Waals surface area contributed by atoms with Crippen LogP contribution in [0, 0.1) is 0 Å². The Morgan fingerprint density at radius 1 is 1.11 bits per heavy atom. The topological polar surface area (TPSA) is 53.7 Å². The summed E-state index contributed by atoms with van der Waals surface area (Å²) in [5.74, 6) is 1.48. The third-order valence-electron chi connectivity index (χ3n) is 3.88. The van der Waals surface area contributed by atoms with Crippen molar-refractivity contribution >= 4 is 0 Å². The largest absolute Gasteiger partial charge is 0.493 e. The van der Waals surface area contributed by atoms with Crippen molar-refractivity contribution < 1.29 is 14.2 Å². The Bertz CT molecular complexity index is 439. The average molecular weight is 265 g/mol. The van der Waals surface area contributed by atoms with E-state index in [1.54, 1.807) is 21.3 Å². The van der Waals surface area contributed by atoms with Gasteiger partial charge in [0.25, 0.3) is 0 Å². The van der Waals surface area contributed by atoms with E-state index < -0.39 is 0 Å². The predicted octanol–water partition coefficient (Wildman–Crippen LogP) is 2.58. The van der Waals surface area contributed by atoms with Gasteiger partial charge in [-0.1, -0.05) is 12.8 Å². The minimum Gasteiger partial charge on any atom is -0.493 e. The first-order valence-corrected chi connectivity index (χ1v) is 6.68. The number of hydrogen-bond donors (Lipinski definition) is 1. The highest BCUT2D eigenvalue weighted by atomic mass is 16.5. The lowest BCUT2D eigenvalue weighted by Crippen LogP contribution is -2.33. The summed E-state index contributed by atoms with van der Waals surface area (Å²) in [4.78, 5) is 0. The molecule has 0 heterocycles. The summed E-state index contributed by atoms with van der Waals surface area (Å²) in [5.41, 5.74) is 8.37. The number of ether oxygens (including phenoxy) is 3. The molecule has 1 aromatic rings. The number of methoxy groups -OCH3 is 3. The van der Waals surface area contributed by atoms with Gasteiger partial charge in [-0.05, 0) is 30.5 Å². The average Bonchev–Trinajstić information content (AvgIpc) is 2.86. The standard InChI is InChI=1S/C15H23NO3/c1-17-10-11-8-12(15(16)6-4-5-7-15)14(19-3)13(9-11)18-2/h8-9H,4-7,10,16H2,1-3H3. The van der Waals surface area contributed by atoms with Gasteiger partial charge in [-0.15, -0.1) is 0 Å². The molecule has 4 nitrogen and oxygen atoms in total. The Kier molecular flexibility index (Phi) is 4.32. The molecule has 0 radical (unpaired) electrons. The third kappa shape index (κ3) is 2.69. The van der Waals surface area contributed by atoms with Crippen LogP contribution in [0.3, 0.4) is 0 Å². The van der Waals surface area contributed by atoms with Gasteiger partial charge in [-0.3, -0.25) is 0 Å². The van der Waals surface area contributed by atoms with E-state index >= 15 is 0 Å². The summed E-state index contributed by atoms with van der Waals surface area (Å²) >= 11 is 0. The minimum atomic E-state index is -0.303. The van der Waals surface area contributed by atoms with Gasteiger partial charge in [-0.2, -0.15) is 0 Å². The number of nitrogens with two attached hydrogens (primary N) is 1. The summed E-state index contributed by atoms with van der Waals surface area (Å²) in [6.07, 6.45) is 4.30. The van der Waals surface area contributed by atoms with Crippen LogP contribution in [0.5, 0.6) is 11.5 Å². The fraction of sp³-hybridized carbons (Fsp3) is 0.600. The molecule has 2 rings (SSSR count). The SMILES string of the molecule is COCc1cc(OC)c(OC)c(C2(N)CCCC2)c1. The summed E-state index contributed by atoms with van der Waals surface area (Å²) in [6.45, 7) is 0.545. The predicted molar refractivity (Wildman–Crippen MR) is 74.6 cm³/mol. The van der Waals surface area contributed by atoms with Crippen LogP contribution >= 0.6 is 0 Å². The van der Waals surface area contributed by atoms with Crippen molar-refractivity contribution in [2.45, 2.75) is 37.8 Å². The van der Waals surface area contributed by atoms with E-state index in [1.165, 1.54) is 0 Å². The van der Waals surface area contributed by atoms with Crippen LogP contribution in [0.4, 0.5) is 0 Å². The first-order valence-electron chi connectivity index (χ1n) is 6.68. The van der Waals surface area contributed by atoms with Crippen molar-refractivity contribution in [3.63, 3.8) is 0 Å². The summed E-state index contributed by atoms with van der Waals surface area (Å²) in [5, 5.41) is 0. The monoisotopic (exact) mass is 265 g/mol. The second-order valence-electron chi connectivity index (χ2n) is 5.18. The highest BCUT2D eigenvalue weighted by molar-refractivity contribution is 5.52. The van der Waals surface area contributed by atoms with E-state index in [0.29, 0.717) is 6.61 Å². The summed E-state index contributed by atoms with van der Waals surface area (Å²) in [7, 11) is 5.00. The first-order chi connectivity index (χ1) is 9.14. The van der Waals surface area contributed by atoms with E-state index in [9.17, 15) is 0 Å². The van der Waals surface area contributed by atoms with Gasteiger partial charge in [0.2, 0.25) is 0 Å². The van der Waals surface area contributed by atoms with Crippen LogP contribution in [-0.2, 0) is 16.9 Å². The first kappa shape index (κ1) is 14.2. The fourth-order valence-corrected chi connectivity index (χ4v) is 2.92. The fourth-order valence-electron chi connectivity index (χ4n) is 2.92. The molecular formula is C15H23NO3. The normalized spacial score (nSPS) is 17.5. The maximum absolute atomic E-state index is 6.57. The molecule has 0 saturated heterocycles. The maximum Gasteiger partial charge on any atom is 0.165 e. The van der Waals surface area contributed by atoms with Crippen LogP contribution in [0.25, 0.3) is 0 Å². The molecule has 1 aliphatic rings. The molecule has 0 unspecified atom stereocenters. The second kappa shape index (κ2) is 5.80. The zero-order chi connectivity index (χ0) is 13.9. The molecule has 1 aliphatic carbocycles. The van der Waals surface area contributed by atoms with Crippen LogP contribution < -0.4 is 15.2 Å². The van der Waals surface area contributed by atoms with Crippen LogP contribution in [0.2, 0.25) is 0 Å². The lowest BCUT2D eigenvalue weighted by atomic mass is 9.87. The Morgan fingerprint density at radius 2 is 1.79 bits per heavy atom. The molecule has 0 amide bonds. The molecule has 1 saturated carbocycles. The van der Waals surface area contributed by atoms with Gasteiger partial charge in [-0.25, -0.2) is 0 Å². The zero-order valence-electron chi connectivity index (χ0n) is 12.0. The van der Waals surface area contributed by atoms with Gasteiger partial charge >= 0.3 is 0 Å². The summed E-state index contributed by atoms with van der Waals surface area (Å²) in [6, 6.07) is 4.04. The highest BCUT2D eigenvalue weighted by Gasteiger charge is 2.35. The quantitative estimate of drug-likeness (QED) is 0.889. The molecule has 4 heteroatoms. The van der Waals surface area contributed by atoms with Gasteiger partial charge in [0, 0.05) is 18.2 Å². The number of benzene rings is 1. The van der Waals surface area contributed by atoms with Crippen LogP contribution in [-0.4, -0.2) is 21.3 Å². The summed E-state index contributed by atoms with van der Waals surface area (Å²) < 4.78 is 16.2. The number of hydrogen-bond acceptors (Lipinski definition) is 4. The Balaban J connectivity index is 2.52. The molecule has 0 aliphatic heterocycles. The Morgan fingerprint density at radius 3 is 2.32 bits per heavy atom. The smallest absolute Gasteiger partial charge is 0.165 e. The molecule has 106 valence electrons. The van der Waals surface area contributed by atoms with Crippen molar-refractivity contribution in [1.29, 1.82) is 0 Å². The van der Waals surface area contributed by atoms with E-state index in [1.807, 2.05) is 6.07 Å². The van der Waals surface area contributed by atoms with Crippen molar-refractivity contribution in [3.05, 3.63) is 23.3 Å². The van der Waals surface area contributed by atoms with Crippen molar-refractivity contribution in [2.75, 3.05) is 21.3 Å². The molecule has 0 spiro atoms. The lowest BCUT2D eigenvalue weighted by molar-refractivity contribution is 0.184. The van der Waals surface area contributed by atoms with Gasteiger partial charge < -0.3 is 19.9 Å². The Labute approximate surface area is 114 Å². The third-order valence-corrected chi connectivity index (χ3v) is 3.88. The van der Waals surface area contributed by atoms with Crippen molar-refractivity contribution in [2.24, 2.45) is 5.73 Å². The molecule has 0 atom stereocenters. The minimum absolute atomic E-state index is 0.303. The van der Waals surface area contributed by atoms with E-state index in [-0.39, 0.29) is 5.54 Å². The second-order valence-corrected chi connectivity index (χ2v) is 5.18. The Hall–Kier alpha value is -1.26. The molecule has 0 bridgehead atoms. The molecule has 1 aromatic carbocycles. The molecular weight excluding hydrogens is 242 g/mol. The van der Waals surface area contributed by atoms with Gasteiger partial charge in [0.05, 0.1) is 20.8 Å². The highest BCUT2D eigenvalue weighted by Crippen LogP contribution is 2.44. The van der Waals surface area contributed by atoms with E-state index in [4.69, 9.17) is 19.9 Å². The molecule has 1 fully saturated rings. The molecule has 0 aromatic heterocycles. The van der Waals surface area contributed by atoms with E-state index in [0.717, 1.165) is 48.3 Å². The lowest BCUT2D eigenvalue weighted by Gasteiger charge is -2.28. The molecule has 19 heavy (non-hydrogen) atoms. The van der Waals surface area contributed by atoms with Gasteiger partial charge in [0.15, 0.2) is 11.5 Å².